The number of nitrogens with one attached hydrogen (secondary N) is 4. The fraction of sp³-hybridized carbons (Fsp3) is 0.500. The third-order valence-electron chi connectivity index (χ3n) is 7.31. The lowest BCUT2D eigenvalue weighted by Crippen LogP contribution is -2.44. The summed E-state index contributed by atoms with van der Waals surface area (Å²) in [6, 6.07) is 8.69. The molecule has 2 unspecified atom stereocenters. The summed E-state index contributed by atoms with van der Waals surface area (Å²) in [6.07, 6.45) is 6.79. The van der Waals surface area contributed by atoms with Gasteiger partial charge >= 0.3 is 0 Å². The molecule has 10 nitrogen and oxygen atoms in total. The second-order valence-electron chi connectivity index (χ2n) is 10.2. The van der Waals surface area contributed by atoms with Gasteiger partial charge in [-0.25, -0.2) is 9.40 Å². The molecule has 4 N–H and O–H groups in total. The van der Waals surface area contributed by atoms with Crippen LogP contribution in [0.5, 0.6) is 0 Å². The van der Waals surface area contributed by atoms with Gasteiger partial charge in [0.25, 0.3) is 0 Å². The molecule has 0 spiro atoms. The van der Waals surface area contributed by atoms with Crippen LogP contribution < -0.4 is 26.4 Å². The SMILES string of the molecule is CC.CN1CCN(c2cc(NC3=CC(C4CC4)N(C)N3)nc(NCC3=CC(c4ccc(F)cc4)NO3)n2)CC1. The van der Waals surface area contributed by atoms with E-state index in [-0.39, 0.29) is 11.9 Å². The molecular formula is C28H40FN9O. The molecule has 1 aromatic carbocycles. The van der Waals surface area contributed by atoms with Gasteiger partial charge in [0, 0.05) is 39.3 Å². The topological polar surface area (TPSA) is 92.9 Å². The number of aromatic nitrogens is 2. The zero-order valence-corrected chi connectivity index (χ0v) is 23.2. The first-order valence-corrected chi connectivity index (χ1v) is 13.9. The maximum atomic E-state index is 13.3. The Kier molecular flexibility index (Phi) is 8.49. The highest BCUT2D eigenvalue weighted by atomic mass is 19.1. The van der Waals surface area contributed by atoms with Crippen LogP contribution in [0.4, 0.5) is 22.0 Å². The number of rotatable bonds is 8. The molecule has 39 heavy (non-hydrogen) atoms. The van der Waals surface area contributed by atoms with Crippen molar-refractivity contribution in [2.45, 2.75) is 38.8 Å². The van der Waals surface area contributed by atoms with E-state index in [9.17, 15) is 4.39 Å². The van der Waals surface area contributed by atoms with Gasteiger partial charge in [0.2, 0.25) is 5.95 Å². The van der Waals surface area contributed by atoms with Gasteiger partial charge in [-0.1, -0.05) is 26.0 Å². The Morgan fingerprint density at radius 2 is 1.77 bits per heavy atom. The van der Waals surface area contributed by atoms with Gasteiger partial charge in [-0.05, 0) is 55.7 Å². The Morgan fingerprint density at radius 3 is 2.49 bits per heavy atom. The highest BCUT2D eigenvalue weighted by Crippen LogP contribution is 2.37. The van der Waals surface area contributed by atoms with Crippen LogP contribution in [0.3, 0.4) is 0 Å². The highest BCUT2D eigenvalue weighted by Gasteiger charge is 2.36. The van der Waals surface area contributed by atoms with Crippen molar-refractivity contribution in [1.29, 1.82) is 0 Å². The normalized spacial score (nSPS) is 23.3. The number of hydrogen-bond acceptors (Lipinski definition) is 10. The van der Waals surface area contributed by atoms with Crippen LogP contribution in [-0.2, 0) is 4.84 Å². The average Bonchev–Trinajstić information content (AvgIpc) is 3.57. The van der Waals surface area contributed by atoms with E-state index in [1.807, 2.05) is 26.0 Å². The molecule has 3 aliphatic heterocycles. The van der Waals surface area contributed by atoms with E-state index in [0.29, 0.717) is 18.5 Å². The molecule has 2 atom stereocenters. The van der Waals surface area contributed by atoms with Crippen molar-refractivity contribution in [2.75, 3.05) is 62.4 Å². The van der Waals surface area contributed by atoms with Crippen LogP contribution in [0.25, 0.3) is 0 Å². The van der Waals surface area contributed by atoms with Gasteiger partial charge in [0.05, 0.1) is 18.6 Å². The Labute approximate surface area is 230 Å². The number of hydroxylamine groups is 1. The number of likely N-dealkylation sites (N-methyl/N-ethyl adjacent to an activating group) is 2. The molecule has 2 fully saturated rings. The smallest absolute Gasteiger partial charge is 0.227 e. The molecular weight excluding hydrogens is 497 g/mol. The molecule has 0 amide bonds. The second kappa shape index (κ2) is 12.2. The first-order chi connectivity index (χ1) is 19.0. The Bertz CT molecular complexity index is 1180. The van der Waals surface area contributed by atoms with E-state index in [0.717, 1.165) is 60.9 Å². The van der Waals surface area contributed by atoms with Crippen LogP contribution in [0.2, 0.25) is 0 Å². The van der Waals surface area contributed by atoms with Crippen molar-refractivity contribution >= 4 is 17.6 Å². The van der Waals surface area contributed by atoms with Crippen molar-refractivity contribution < 1.29 is 9.23 Å². The monoisotopic (exact) mass is 537 g/mol. The predicted octanol–water partition coefficient (Wildman–Crippen LogP) is 3.45. The zero-order chi connectivity index (χ0) is 27.4. The van der Waals surface area contributed by atoms with E-state index in [2.05, 4.69) is 56.5 Å². The molecule has 0 radical (unpaired) electrons. The summed E-state index contributed by atoms with van der Waals surface area (Å²) in [5.41, 5.74) is 7.34. The van der Waals surface area contributed by atoms with Crippen LogP contribution >= 0.6 is 0 Å². The fourth-order valence-electron chi connectivity index (χ4n) is 4.95. The summed E-state index contributed by atoms with van der Waals surface area (Å²) in [4.78, 5) is 19.9. The Morgan fingerprint density at radius 1 is 1.03 bits per heavy atom. The Hall–Kier alpha value is -3.41. The van der Waals surface area contributed by atoms with E-state index in [1.54, 1.807) is 12.1 Å². The molecule has 4 aliphatic rings. The van der Waals surface area contributed by atoms with E-state index in [4.69, 9.17) is 14.8 Å². The first-order valence-electron chi connectivity index (χ1n) is 13.9. The number of benzene rings is 1. The van der Waals surface area contributed by atoms with Crippen LogP contribution in [0, 0.1) is 11.7 Å². The third kappa shape index (κ3) is 6.78. The van der Waals surface area contributed by atoms with Gasteiger partial charge in [-0.3, -0.25) is 0 Å². The molecule has 6 rings (SSSR count). The zero-order valence-electron chi connectivity index (χ0n) is 23.2. The van der Waals surface area contributed by atoms with Crippen molar-refractivity contribution in [1.82, 2.24) is 30.8 Å². The van der Waals surface area contributed by atoms with Crippen LogP contribution in [-0.4, -0.2) is 72.7 Å². The molecule has 4 heterocycles. The number of nitrogens with zero attached hydrogens (tertiary/aromatic N) is 5. The summed E-state index contributed by atoms with van der Waals surface area (Å²) in [6.45, 7) is 8.24. The molecule has 2 aromatic rings. The molecule has 1 aromatic heterocycles. The molecule has 0 bridgehead atoms. The minimum atomic E-state index is -0.256. The van der Waals surface area contributed by atoms with Gasteiger partial charge in [-0.2, -0.15) is 9.97 Å². The van der Waals surface area contributed by atoms with E-state index >= 15 is 0 Å². The maximum absolute atomic E-state index is 13.3. The van der Waals surface area contributed by atoms with Gasteiger partial charge in [0.1, 0.15) is 29.0 Å². The maximum Gasteiger partial charge on any atom is 0.227 e. The summed E-state index contributed by atoms with van der Waals surface area (Å²) in [7, 11) is 4.23. The molecule has 1 saturated heterocycles. The summed E-state index contributed by atoms with van der Waals surface area (Å²) in [5.74, 6) is 4.30. The molecule has 210 valence electrons. The lowest BCUT2D eigenvalue weighted by atomic mass is 10.1. The minimum Gasteiger partial charge on any atom is -0.411 e. The van der Waals surface area contributed by atoms with Crippen LogP contribution in [0.15, 0.2) is 54.1 Å². The standard InChI is InChI=1S/C26H34FN9O.C2H6/c1-34-9-11-36(12-10-34)25-15-23(29-24-14-22(18-3-4-18)35(2)32-24)30-26(31-25)28-16-20-13-21(33-37-20)17-5-7-19(27)8-6-17;1-2/h5-8,13-15,18,21-22,32-33H,3-4,9-12,16H2,1-2H3,(H2,28,29,30,31);1-2H3. The van der Waals surface area contributed by atoms with Crippen LogP contribution in [0.1, 0.15) is 38.3 Å². The highest BCUT2D eigenvalue weighted by molar-refractivity contribution is 5.56. The van der Waals surface area contributed by atoms with Crippen molar-refractivity contribution in [3.8, 4) is 0 Å². The molecule has 1 saturated carbocycles. The Balaban J connectivity index is 0.00000151. The summed E-state index contributed by atoms with van der Waals surface area (Å²) in [5, 5.41) is 8.95. The van der Waals surface area contributed by atoms with Crippen molar-refractivity contribution in [3.63, 3.8) is 0 Å². The van der Waals surface area contributed by atoms with Gasteiger partial charge in [-0.15, -0.1) is 5.48 Å². The summed E-state index contributed by atoms with van der Waals surface area (Å²) < 4.78 is 13.3. The lowest BCUT2D eigenvalue weighted by Gasteiger charge is -2.33. The number of piperazine rings is 1. The summed E-state index contributed by atoms with van der Waals surface area (Å²) >= 11 is 0. The third-order valence-corrected chi connectivity index (χ3v) is 7.31. The first kappa shape index (κ1) is 27.2. The minimum absolute atomic E-state index is 0.135. The van der Waals surface area contributed by atoms with Gasteiger partial charge < -0.3 is 30.7 Å². The van der Waals surface area contributed by atoms with E-state index in [1.165, 1.54) is 25.0 Å². The average molecular weight is 538 g/mol. The quantitative estimate of drug-likeness (QED) is 0.401. The van der Waals surface area contributed by atoms with Gasteiger partial charge in [0.15, 0.2) is 0 Å². The van der Waals surface area contributed by atoms with Crippen molar-refractivity contribution in [2.24, 2.45) is 5.92 Å². The second-order valence-corrected chi connectivity index (χ2v) is 10.2. The lowest BCUT2D eigenvalue weighted by molar-refractivity contribution is 0.116. The number of halogens is 1. The van der Waals surface area contributed by atoms with E-state index < -0.39 is 0 Å². The molecule has 1 aliphatic carbocycles. The molecule has 11 heteroatoms. The predicted molar refractivity (Wildman–Crippen MR) is 152 cm³/mol. The number of hydrazine groups is 1. The fourth-order valence-corrected chi connectivity index (χ4v) is 4.95. The largest absolute Gasteiger partial charge is 0.411 e. The number of anilines is 3. The van der Waals surface area contributed by atoms with Crippen molar-refractivity contribution in [3.05, 3.63) is 65.4 Å². The number of hydrogen-bond donors (Lipinski definition) is 4.